The van der Waals surface area contributed by atoms with E-state index in [0.717, 1.165) is 0 Å². The van der Waals surface area contributed by atoms with E-state index in [9.17, 15) is 4.79 Å². The van der Waals surface area contributed by atoms with Crippen molar-refractivity contribution in [1.82, 2.24) is 19.7 Å². The summed E-state index contributed by atoms with van der Waals surface area (Å²) in [6, 6.07) is 0. The SMILES string of the molecule is CCc1noc(Cn2c(C)ncc(Br)c2=O)n1. The summed E-state index contributed by atoms with van der Waals surface area (Å²) in [6.45, 7) is 3.93. The topological polar surface area (TPSA) is 73.8 Å². The molecule has 0 aliphatic rings. The van der Waals surface area contributed by atoms with Crippen LogP contribution in [0, 0.1) is 6.92 Å². The van der Waals surface area contributed by atoms with Crippen molar-refractivity contribution >= 4 is 15.9 Å². The van der Waals surface area contributed by atoms with Gasteiger partial charge in [-0.15, -0.1) is 0 Å². The maximum absolute atomic E-state index is 11.9. The summed E-state index contributed by atoms with van der Waals surface area (Å²) in [6.07, 6.45) is 2.19. The van der Waals surface area contributed by atoms with Crippen molar-refractivity contribution < 1.29 is 4.52 Å². The van der Waals surface area contributed by atoms with Crippen molar-refractivity contribution in [1.29, 1.82) is 0 Å². The molecular weight excluding hydrogens is 288 g/mol. The van der Waals surface area contributed by atoms with E-state index in [2.05, 4.69) is 31.1 Å². The molecule has 0 saturated carbocycles. The molecule has 2 aromatic heterocycles. The molecule has 90 valence electrons. The van der Waals surface area contributed by atoms with Crippen molar-refractivity contribution in [2.45, 2.75) is 26.8 Å². The molecule has 0 saturated heterocycles. The van der Waals surface area contributed by atoms with Gasteiger partial charge in [0.05, 0.1) is 0 Å². The third-order valence-electron chi connectivity index (χ3n) is 2.32. The summed E-state index contributed by atoms with van der Waals surface area (Å²) >= 11 is 3.15. The number of aryl methyl sites for hydroxylation is 2. The molecule has 0 aromatic carbocycles. The van der Waals surface area contributed by atoms with E-state index >= 15 is 0 Å². The third-order valence-corrected chi connectivity index (χ3v) is 2.87. The zero-order valence-corrected chi connectivity index (χ0v) is 11.1. The highest BCUT2D eigenvalue weighted by Gasteiger charge is 2.10. The summed E-state index contributed by atoms with van der Waals surface area (Å²) in [7, 11) is 0. The lowest BCUT2D eigenvalue weighted by Gasteiger charge is -2.05. The number of nitrogens with zero attached hydrogens (tertiary/aromatic N) is 4. The zero-order valence-electron chi connectivity index (χ0n) is 9.47. The minimum absolute atomic E-state index is 0.159. The molecule has 2 rings (SSSR count). The molecule has 0 unspecified atom stereocenters. The Kier molecular flexibility index (Phi) is 3.37. The van der Waals surface area contributed by atoms with E-state index in [-0.39, 0.29) is 12.1 Å². The van der Waals surface area contributed by atoms with E-state index < -0.39 is 0 Å². The van der Waals surface area contributed by atoms with Crippen LogP contribution >= 0.6 is 15.9 Å². The minimum atomic E-state index is -0.159. The molecule has 0 N–H and O–H groups in total. The van der Waals surface area contributed by atoms with Gasteiger partial charge in [-0.25, -0.2) is 4.98 Å². The first-order chi connectivity index (χ1) is 8.11. The second-order valence-corrected chi connectivity index (χ2v) is 4.36. The Morgan fingerprint density at radius 1 is 1.53 bits per heavy atom. The Morgan fingerprint density at radius 3 is 2.94 bits per heavy atom. The third kappa shape index (κ3) is 2.44. The van der Waals surface area contributed by atoms with Crippen molar-refractivity contribution in [2.75, 3.05) is 0 Å². The van der Waals surface area contributed by atoms with Crippen LogP contribution in [0.2, 0.25) is 0 Å². The molecule has 0 aliphatic heterocycles. The van der Waals surface area contributed by atoms with Gasteiger partial charge in [0.1, 0.15) is 16.8 Å². The fraction of sp³-hybridized carbons (Fsp3) is 0.400. The molecule has 7 heteroatoms. The lowest BCUT2D eigenvalue weighted by molar-refractivity contribution is 0.363. The molecule has 0 spiro atoms. The van der Waals surface area contributed by atoms with E-state index in [1.54, 1.807) is 6.92 Å². The van der Waals surface area contributed by atoms with Crippen molar-refractivity contribution in [2.24, 2.45) is 0 Å². The summed E-state index contributed by atoms with van der Waals surface area (Å²) in [4.78, 5) is 20.1. The largest absolute Gasteiger partial charge is 0.337 e. The highest BCUT2D eigenvalue weighted by atomic mass is 79.9. The van der Waals surface area contributed by atoms with E-state index in [4.69, 9.17) is 4.52 Å². The van der Waals surface area contributed by atoms with Crippen molar-refractivity contribution in [3.05, 3.63) is 38.6 Å². The van der Waals surface area contributed by atoms with Crippen LogP contribution in [0.4, 0.5) is 0 Å². The molecule has 6 nitrogen and oxygen atoms in total. The predicted molar refractivity (Wildman–Crippen MR) is 63.7 cm³/mol. The molecule has 0 amide bonds. The van der Waals surface area contributed by atoms with Crippen LogP contribution in [0.15, 0.2) is 20.0 Å². The Balaban J connectivity index is 2.36. The Hall–Kier alpha value is -1.50. The number of aromatic nitrogens is 4. The van der Waals surface area contributed by atoms with Crippen LogP contribution in [-0.2, 0) is 13.0 Å². The van der Waals surface area contributed by atoms with Gasteiger partial charge in [-0.05, 0) is 22.9 Å². The molecule has 0 atom stereocenters. The maximum Gasteiger partial charge on any atom is 0.268 e. The van der Waals surface area contributed by atoms with Gasteiger partial charge in [0, 0.05) is 12.6 Å². The molecule has 0 fully saturated rings. The molecule has 2 heterocycles. The Labute approximate surface area is 106 Å². The Morgan fingerprint density at radius 2 is 2.29 bits per heavy atom. The second-order valence-electron chi connectivity index (χ2n) is 3.50. The number of halogens is 1. The second kappa shape index (κ2) is 4.79. The first kappa shape index (κ1) is 12.0. The highest BCUT2D eigenvalue weighted by Crippen LogP contribution is 2.05. The van der Waals surface area contributed by atoms with E-state index in [1.165, 1.54) is 10.8 Å². The summed E-state index contributed by atoms with van der Waals surface area (Å²) in [5, 5.41) is 3.78. The quantitative estimate of drug-likeness (QED) is 0.854. The monoisotopic (exact) mass is 298 g/mol. The average Bonchev–Trinajstić information content (AvgIpc) is 2.77. The first-order valence-electron chi connectivity index (χ1n) is 5.15. The smallest absolute Gasteiger partial charge is 0.268 e. The summed E-state index contributed by atoms with van der Waals surface area (Å²) < 4.78 is 6.94. The van der Waals surface area contributed by atoms with Crippen LogP contribution in [-0.4, -0.2) is 19.7 Å². The van der Waals surface area contributed by atoms with Gasteiger partial charge in [0.15, 0.2) is 5.82 Å². The summed E-state index contributed by atoms with van der Waals surface area (Å²) in [5.74, 6) is 1.65. The van der Waals surface area contributed by atoms with Gasteiger partial charge in [-0.3, -0.25) is 9.36 Å². The lowest BCUT2D eigenvalue weighted by atomic mass is 10.4. The van der Waals surface area contributed by atoms with Crippen molar-refractivity contribution in [3.8, 4) is 0 Å². The zero-order chi connectivity index (χ0) is 12.4. The van der Waals surface area contributed by atoms with Gasteiger partial charge >= 0.3 is 0 Å². The molecule has 0 aliphatic carbocycles. The molecule has 17 heavy (non-hydrogen) atoms. The number of rotatable bonds is 3. The minimum Gasteiger partial charge on any atom is -0.337 e. The number of hydrogen-bond acceptors (Lipinski definition) is 5. The van der Waals surface area contributed by atoms with E-state index in [1.807, 2.05) is 6.92 Å². The first-order valence-corrected chi connectivity index (χ1v) is 5.94. The average molecular weight is 299 g/mol. The van der Waals surface area contributed by atoms with Crippen LogP contribution in [0.1, 0.15) is 24.5 Å². The molecular formula is C10H11BrN4O2. The Bertz CT molecular complexity index is 590. The molecule has 0 radical (unpaired) electrons. The standard InChI is InChI=1S/C10H11BrN4O2/c1-3-8-13-9(17-14-8)5-15-6(2)12-4-7(11)10(15)16/h4H,3,5H2,1-2H3. The predicted octanol–water partition coefficient (Wildman–Crippen LogP) is 1.31. The van der Waals surface area contributed by atoms with Crippen LogP contribution in [0.3, 0.4) is 0 Å². The van der Waals surface area contributed by atoms with Gasteiger partial charge in [-0.1, -0.05) is 12.1 Å². The van der Waals surface area contributed by atoms with Crippen LogP contribution in [0.5, 0.6) is 0 Å². The normalized spacial score (nSPS) is 10.8. The van der Waals surface area contributed by atoms with Gasteiger partial charge in [-0.2, -0.15) is 4.98 Å². The molecule has 2 aromatic rings. The lowest BCUT2D eigenvalue weighted by Crippen LogP contribution is -2.24. The number of hydrogen-bond donors (Lipinski definition) is 0. The van der Waals surface area contributed by atoms with Gasteiger partial charge in [0.2, 0.25) is 5.89 Å². The fourth-order valence-electron chi connectivity index (χ4n) is 1.37. The maximum atomic E-state index is 11.9. The molecule has 0 bridgehead atoms. The van der Waals surface area contributed by atoms with E-state index in [0.29, 0.717) is 28.4 Å². The van der Waals surface area contributed by atoms with Gasteiger partial charge in [0.25, 0.3) is 5.56 Å². The summed E-state index contributed by atoms with van der Waals surface area (Å²) in [5.41, 5.74) is -0.159. The highest BCUT2D eigenvalue weighted by molar-refractivity contribution is 9.10. The fourth-order valence-corrected chi connectivity index (χ4v) is 1.69. The van der Waals surface area contributed by atoms with Crippen molar-refractivity contribution in [3.63, 3.8) is 0 Å². The van der Waals surface area contributed by atoms with Crippen LogP contribution in [0.25, 0.3) is 0 Å². The van der Waals surface area contributed by atoms with Crippen LogP contribution < -0.4 is 5.56 Å². The van der Waals surface area contributed by atoms with Gasteiger partial charge < -0.3 is 4.52 Å².